The van der Waals surface area contributed by atoms with E-state index in [2.05, 4.69) is 44.7 Å². The first-order valence-corrected chi connectivity index (χ1v) is 8.42. The van der Waals surface area contributed by atoms with Crippen molar-refractivity contribution < 1.29 is 0 Å². The topological polar surface area (TPSA) is 0 Å². The lowest BCUT2D eigenvalue weighted by atomic mass is 10.4. The Labute approximate surface area is 86.6 Å². The zero-order valence-corrected chi connectivity index (χ0v) is 10.3. The SMILES string of the molecule is CCC(C)[Si](C)(Cl)c1ccccc1. The molecule has 13 heavy (non-hydrogen) atoms. The fourth-order valence-corrected chi connectivity index (χ4v) is 4.45. The molecule has 1 aromatic carbocycles. The highest BCUT2D eigenvalue weighted by molar-refractivity contribution is 7.27. The van der Waals surface area contributed by atoms with Gasteiger partial charge in [-0.25, -0.2) is 0 Å². The van der Waals surface area contributed by atoms with E-state index in [1.54, 1.807) is 0 Å². The zero-order chi connectivity index (χ0) is 9.90. The summed E-state index contributed by atoms with van der Waals surface area (Å²) in [5.74, 6) is 0. The first-order chi connectivity index (χ1) is 6.09. The monoisotopic (exact) mass is 212 g/mol. The van der Waals surface area contributed by atoms with Gasteiger partial charge in [0.2, 0.25) is 0 Å². The van der Waals surface area contributed by atoms with Crippen LogP contribution in [0.2, 0.25) is 12.1 Å². The van der Waals surface area contributed by atoms with Gasteiger partial charge in [0.05, 0.1) is 0 Å². The predicted molar refractivity (Wildman–Crippen MR) is 63.3 cm³/mol. The Morgan fingerprint density at radius 3 is 2.31 bits per heavy atom. The molecule has 2 unspecified atom stereocenters. The Morgan fingerprint density at radius 2 is 1.85 bits per heavy atom. The minimum atomic E-state index is -1.71. The molecule has 0 radical (unpaired) electrons. The van der Waals surface area contributed by atoms with Gasteiger partial charge >= 0.3 is 0 Å². The molecule has 0 fully saturated rings. The lowest BCUT2D eigenvalue weighted by molar-refractivity contribution is 0.858. The highest BCUT2D eigenvalue weighted by Crippen LogP contribution is 2.27. The fourth-order valence-electron chi connectivity index (χ4n) is 1.43. The Bertz CT molecular complexity index is 256. The van der Waals surface area contributed by atoms with Crippen molar-refractivity contribution in [2.75, 3.05) is 0 Å². The Morgan fingerprint density at radius 1 is 1.31 bits per heavy atom. The van der Waals surface area contributed by atoms with Crippen LogP contribution in [0, 0.1) is 0 Å². The highest BCUT2D eigenvalue weighted by atomic mass is 35.6. The molecule has 0 aliphatic heterocycles. The third kappa shape index (κ3) is 2.35. The second-order valence-corrected chi connectivity index (χ2v) is 9.82. The molecule has 1 aromatic rings. The van der Waals surface area contributed by atoms with E-state index >= 15 is 0 Å². The summed E-state index contributed by atoms with van der Waals surface area (Å²) in [6.07, 6.45) is 1.17. The van der Waals surface area contributed by atoms with Crippen LogP contribution >= 0.6 is 11.1 Å². The van der Waals surface area contributed by atoms with Crippen molar-refractivity contribution >= 4 is 23.6 Å². The molecule has 0 spiro atoms. The van der Waals surface area contributed by atoms with E-state index in [0.717, 1.165) is 0 Å². The van der Waals surface area contributed by atoms with Gasteiger partial charge in [-0.15, -0.1) is 0 Å². The minimum Gasteiger partial charge on any atom is -0.161 e. The molecule has 0 heterocycles. The first kappa shape index (κ1) is 10.8. The molecule has 72 valence electrons. The van der Waals surface area contributed by atoms with Crippen molar-refractivity contribution in [2.45, 2.75) is 32.4 Å². The van der Waals surface area contributed by atoms with Crippen molar-refractivity contribution in [3.05, 3.63) is 30.3 Å². The average molecular weight is 213 g/mol. The van der Waals surface area contributed by atoms with Gasteiger partial charge in [0.15, 0.2) is 7.38 Å². The van der Waals surface area contributed by atoms with Crippen molar-refractivity contribution in [3.63, 3.8) is 0 Å². The van der Waals surface area contributed by atoms with Gasteiger partial charge in [-0.05, 0) is 10.7 Å². The van der Waals surface area contributed by atoms with Crippen LogP contribution in [0.25, 0.3) is 0 Å². The van der Waals surface area contributed by atoms with Crippen molar-refractivity contribution in [1.82, 2.24) is 0 Å². The summed E-state index contributed by atoms with van der Waals surface area (Å²) >= 11 is 6.65. The van der Waals surface area contributed by atoms with Gasteiger partial charge in [-0.3, -0.25) is 0 Å². The van der Waals surface area contributed by atoms with Crippen molar-refractivity contribution in [2.24, 2.45) is 0 Å². The van der Waals surface area contributed by atoms with E-state index in [4.69, 9.17) is 11.1 Å². The number of halogens is 1. The fraction of sp³-hybridized carbons (Fsp3) is 0.455. The molecule has 2 heteroatoms. The normalized spacial score (nSPS) is 17.8. The third-order valence-electron chi connectivity index (χ3n) is 2.88. The van der Waals surface area contributed by atoms with E-state index in [1.165, 1.54) is 11.6 Å². The zero-order valence-electron chi connectivity index (χ0n) is 8.55. The summed E-state index contributed by atoms with van der Waals surface area (Å²) in [6, 6.07) is 10.5. The number of hydrogen-bond acceptors (Lipinski definition) is 0. The molecule has 0 bridgehead atoms. The third-order valence-corrected chi connectivity index (χ3v) is 8.37. The van der Waals surface area contributed by atoms with Crippen molar-refractivity contribution in [3.8, 4) is 0 Å². The van der Waals surface area contributed by atoms with Crippen LogP contribution in [0.5, 0.6) is 0 Å². The number of hydrogen-bond donors (Lipinski definition) is 0. The quantitative estimate of drug-likeness (QED) is 0.532. The first-order valence-electron chi connectivity index (χ1n) is 4.83. The lowest BCUT2D eigenvalue weighted by Gasteiger charge is -2.26. The molecule has 0 saturated carbocycles. The van der Waals surface area contributed by atoms with Crippen LogP contribution in [0.1, 0.15) is 20.3 Å². The van der Waals surface area contributed by atoms with Crippen molar-refractivity contribution in [1.29, 1.82) is 0 Å². The Balaban J connectivity index is 2.93. The van der Waals surface area contributed by atoms with Gasteiger partial charge in [0.25, 0.3) is 0 Å². The maximum atomic E-state index is 6.65. The van der Waals surface area contributed by atoms with E-state index < -0.39 is 7.38 Å². The molecule has 0 aliphatic carbocycles. The number of rotatable bonds is 3. The molecule has 0 aliphatic rings. The van der Waals surface area contributed by atoms with Crippen LogP contribution < -0.4 is 5.19 Å². The smallest absolute Gasteiger partial charge is 0.161 e. The maximum absolute atomic E-state index is 6.65. The van der Waals surface area contributed by atoms with Crippen LogP contribution in [-0.4, -0.2) is 7.38 Å². The standard InChI is InChI=1S/C11H17ClSi/c1-4-10(2)13(3,12)11-8-6-5-7-9-11/h5-10H,4H2,1-3H3. The maximum Gasteiger partial charge on any atom is 0.186 e. The minimum absolute atomic E-state index is 0.636. The molecular formula is C11H17ClSi. The molecule has 0 N–H and O–H groups in total. The number of benzene rings is 1. The van der Waals surface area contributed by atoms with E-state index in [1.807, 2.05) is 6.07 Å². The van der Waals surface area contributed by atoms with Gasteiger partial charge < -0.3 is 0 Å². The summed E-state index contributed by atoms with van der Waals surface area (Å²) in [5.41, 5.74) is 0.636. The highest BCUT2D eigenvalue weighted by Gasteiger charge is 2.32. The lowest BCUT2D eigenvalue weighted by Crippen LogP contribution is -2.42. The Hall–Kier alpha value is -0.273. The van der Waals surface area contributed by atoms with Crippen LogP contribution in [0.4, 0.5) is 0 Å². The second kappa shape index (κ2) is 4.29. The molecular weight excluding hydrogens is 196 g/mol. The molecule has 1 rings (SSSR count). The van der Waals surface area contributed by atoms with Crippen LogP contribution in [-0.2, 0) is 0 Å². The average Bonchev–Trinajstić information content (AvgIpc) is 2.18. The Kier molecular flexibility index (Phi) is 3.57. The molecule has 0 saturated heterocycles. The molecule has 0 amide bonds. The molecule has 0 nitrogen and oxygen atoms in total. The van der Waals surface area contributed by atoms with Gasteiger partial charge in [-0.2, -0.15) is 11.1 Å². The second-order valence-electron chi connectivity index (χ2n) is 3.75. The molecule has 2 atom stereocenters. The van der Waals surface area contributed by atoms with Gasteiger partial charge in [0.1, 0.15) is 0 Å². The van der Waals surface area contributed by atoms with Crippen LogP contribution in [0.3, 0.4) is 0 Å². The predicted octanol–water partition coefficient (Wildman–Crippen LogP) is 3.51. The van der Waals surface area contributed by atoms with E-state index in [-0.39, 0.29) is 0 Å². The molecule has 0 aromatic heterocycles. The van der Waals surface area contributed by atoms with E-state index in [9.17, 15) is 0 Å². The van der Waals surface area contributed by atoms with Crippen LogP contribution in [0.15, 0.2) is 30.3 Å². The van der Waals surface area contributed by atoms with Gasteiger partial charge in [0, 0.05) is 0 Å². The summed E-state index contributed by atoms with van der Waals surface area (Å²) in [5, 5.41) is 1.35. The summed E-state index contributed by atoms with van der Waals surface area (Å²) in [4.78, 5) is 0. The van der Waals surface area contributed by atoms with Gasteiger partial charge in [-0.1, -0.05) is 57.1 Å². The summed E-state index contributed by atoms with van der Waals surface area (Å²) in [7, 11) is -1.71. The largest absolute Gasteiger partial charge is 0.186 e. The summed E-state index contributed by atoms with van der Waals surface area (Å²) < 4.78 is 0. The van der Waals surface area contributed by atoms with E-state index in [0.29, 0.717) is 5.54 Å². The summed E-state index contributed by atoms with van der Waals surface area (Å²) in [6.45, 7) is 6.70.